The number of rotatable bonds is 1. The predicted octanol–water partition coefficient (Wildman–Crippen LogP) is 2.63. The summed E-state index contributed by atoms with van der Waals surface area (Å²) in [6.07, 6.45) is 1.52. The van der Waals surface area contributed by atoms with Crippen molar-refractivity contribution in [3.63, 3.8) is 0 Å². The minimum Gasteiger partial charge on any atom is -0.251 e. The average molecular weight is 180 g/mol. The fraction of sp³-hybridized carbons (Fsp3) is 0.400. The van der Waals surface area contributed by atoms with Crippen LogP contribution in [0.5, 0.6) is 0 Å². The number of hydrogen-bond donors (Lipinski definition) is 0. The van der Waals surface area contributed by atoms with Crippen molar-refractivity contribution in [2.45, 2.75) is 13.8 Å². The highest BCUT2D eigenvalue weighted by Gasteiger charge is 1.89. The quantitative estimate of drug-likeness (QED) is 0.434. The largest absolute Gasteiger partial charge is 0.251 e. The minimum atomic E-state index is -0.303. The number of hydrogen-bond acceptors (Lipinski definition) is 1. The van der Waals surface area contributed by atoms with E-state index >= 15 is 0 Å². The first-order chi connectivity index (χ1) is 3.68. The molecule has 0 atom stereocenters. The first-order valence-corrected chi connectivity index (χ1v) is 2.98. The van der Waals surface area contributed by atoms with Crippen molar-refractivity contribution in [1.82, 2.24) is 0 Å². The molecule has 0 bridgehead atoms. The Bertz CT molecular complexity index is 124. The lowest BCUT2D eigenvalue weighted by molar-refractivity contribution is 0.635. The van der Waals surface area contributed by atoms with Crippen molar-refractivity contribution in [3.05, 3.63) is 10.4 Å². The Labute approximate surface area is 56.4 Å². The van der Waals surface area contributed by atoms with E-state index in [9.17, 15) is 4.39 Å². The molecule has 3 heteroatoms. The summed E-state index contributed by atoms with van der Waals surface area (Å²) in [7, 11) is 0. The van der Waals surface area contributed by atoms with E-state index in [2.05, 4.69) is 20.9 Å². The first-order valence-electron chi connectivity index (χ1n) is 2.19. The van der Waals surface area contributed by atoms with E-state index in [1.54, 1.807) is 6.92 Å². The van der Waals surface area contributed by atoms with Gasteiger partial charge in [0, 0.05) is 6.21 Å². The monoisotopic (exact) mass is 179 g/mol. The fourth-order valence-corrected chi connectivity index (χ4v) is 0.407. The van der Waals surface area contributed by atoms with Crippen molar-refractivity contribution >= 4 is 22.1 Å². The van der Waals surface area contributed by atoms with Gasteiger partial charge in [-0.15, -0.1) is 0 Å². The van der Waals surface area contributed by atoms with Gasteiger partial charge in [-0.1, -0.05) is 0 Å². The molecule has 0 amide bonds. The van der Waals surface area contributed by atoms with E-state index in [1.807, 2.05) is 0 Å². The third-order valence-electron chi connectivity index (χ3n) is 0.527. The molecule has 0 N–H and O–H groups in total. The van der Waals surface area contributed by atoms with Crippen LogP contribution in [0, 0.1) is 0 Å². The summed E-state index contributed by atoms with van der Waals surface area (Å²) in [5, 5.41) is 0. The van der Waals surface area contributed by atoms with E-state index in [0.717, 1.165) is 0 Å². The van der Waals surface area contributed by atoms with Crippen LogP contribution in [0.15, 0.2) is 15.4 Å². The molecule has 0 heterocycles. The molecular weight excluding hydrogens is 173 g/mol. The number of allylic oxidation sites excluding steroid dienone is 1. The topological polar surface area (TPSA) is 12.4 Å². The Morgan fingerprint density at radius 1 is 1.75 bits per heavy atom. The van der Waals surface area contributed by atoms with Gasteiger partial charge in [0.05, 0.1) is 0 Å². The van der Waals surface area contributed by atoms with E-state index in [-0.39, 0.29) is 10.4 Å². The molecular formula is C5H7BrFN. The van der Waals surface area contributed by atoms with Crippen LogP contribution in [0.4, 0.5) is 4.39 Å². The molecule has 8 heavy (non-hydrogen) atoms. The highest BCUT2D eigenvalue weighted by molar-refractivity contribution is 9.11. The Kier molecular flexibility index (Phi) is 3.69. The van der Waals surface area contributed by atoms with Crippen LogP contribution >= 0.6 is 15.9 Å². The maximum Gasteiger partial charge on any atom is 0.136 e. The lowest BCUT2D eigenvalue weighted by atomic mass is 10.6. The average Bonchev–Trinajstić information content (AvgIpc) is 1.67. The van der Waals surface area contributed by atoms with E-state index in [1.165, 1.54) is 13.1 Å². The number of nitrogens with zero attached hydrogens (tertiary/aromatic N) is 1. The zero-order chi connectivity index (χ0) is 6.57. The first kappa shape index (κ1) is 7.82. The summed E-state index contributed by atoms with van der Waals surface area (Å²) in [4.78, 5) is 3.62. The van der Waals surface area contributed by atoms with Crippen LogP contribution in [0.3, 0.4) is 0 Å². The molecule has 0 aromatic heterocycles. The Balaban J connectivity index is 4.00. The molecule has 0 spiro atoms. The molecule has 0 aromatic carbocycles. The lowest BCUT2D eigenvalue weighted by Crippen LogP contribution is -1.67. The normalized spacial score (nSPS) is 14.5. The number of aliphatic imine (C=N–C) groups is 1. The van der Waals surface area contributed by atoms with Crippen LogP contribution in [-0.4, -0.2) is 6.21 Å². The Morgan fingerprint density at radius 3 is 2.38 bits per heavy atom. The molecule has 1 nitrogen and oxygen atoms in total. The molecule has 0 saturated heterocycles. The highest BCUT2D eigenvalue weighted by atomic mass is 79.9. The SMILES string of the molecule is C/C=N\C(Br)=C(/C)F. The molecule has 0 fully saturated rings. The Morgan fingerprint density at radius 2 is 2.25 bits per heavy atom. The molecule has 0 radical (unpaired) electrons. The standard InChI is InChI=1S/C5H7BrFN/c1-3-8-5(6)4(2)7/h3H,1-2H3/b5-4+,8-3-. The van der Waals surface area contributed by atoms with Gasteiger partial charge < -0.3 is 0 Å². The van der Waals surface area contributed by atoms with Crippen molar-refractivity contribution in [2.24, 2.45) is 4.99 Å². The van der Waals surface area contributed by atoms with Gasteiger partial charge in [-0.05, 0) is 29.8 Å². The molecule has 0 aliphatic heterocycles. The summed E-state index contributed by atoms with van der Waals surface area (Å²) in [6, 6.07) is 0. The molecule has 0 aromatic rings. The highest BCUT2D eigenvalue weighted by Crippen LogP contribution is 2.12. The zero-order valence-corrected chi connectivity index (χ0v) is 6.37. The van der Waals surface area contributed by atoms with Gasteiger partial charge in [0.1, 0.15) is 10.4 Å². The van der Waals surface area contributed by atoms with Crippen LogP contribution < -0.4 is 0 Å². The third-order valence-corrected chi connectivity index (χ3v) is 1.28. The lowest BCUT2D eigenvalue weighted by Gasteiger charge is -1.85. The summed E-state index contributed by atoms with van der Waals surface area (Å²) in [6.45, 7) is 3.07. The van der Waals surface area contributed by atoms with E-state index in [4.69, 9.17) is 0 Å². The summed E-state index contributed by atoms with van der Waals surface area (Å²) in [5.74, 6) is -0.303. The summed E-state index contributed by atoms with van der Waals surface area (Å²) < 4.78 is 12.3. The number of halogens is 2. The van der Waals surface area contributed by atoms with E-state index in [0.29, 0.717) is 0 Å². The van der Waals surface area contributed by atoms with Gasteiger partial charge in [-0.3, -0.25) is 4.99 Å². The smallest absolute Gasteiger partial charge is 0.136 e. The molecule has 0 saturated carbocycles. The second-order valence-corrected chi connectivity index (χ2v) is 1.96. The fourth-order valence-electron chi connectivity index (χ4n) is 0.202. The van der Waals surface area contributed by atoms with Crippen LogP contribution in [0.2, 0.25) is 0 Å². The maximum absolute atomic E-state index is 12.0. The molecule has 46 valence electrons. The van der Waals surface area contributed by atoms with Gasteiger partial charge in [-0.25, -0.2) is 4.39 Å². The molecule has 0 aliphatic carbocycles. The second-order valence-electron chi connectivity index (χ2n) is 1.21. The summed E-state index contributed by atoms with van der Waals surface area (Å²) >= 11 is 2.91. The van der Waals surface area contributed by atoms with E-state index < -0.39 is 0 Å². The third kappa shape index (κ3) is 2.91. The van der Waals surface area contributed by atoms with Crippen molar-refractivity contribution < 1.29 is 4.39 Å². The maximum atomic E-state index is 12.0. The molecule has 0 aliphatic rings. The van der Waals surface area contributed by atoms with Crippen LogP contribution in [0.1, 0.15) is 13.8 Å². The second kappa shape index (κ2) is 3.78. The zero-order valence-electron chi connectivity index (χ0n) is 4.78. The predicted molar refractivity (Wildman–Crippen MR) is 36.9 cm³/mol. The van der Waals surface area contributed by atoms with Gasteiger partial charge in [0.25, 0.3) is 0 Å². The Hall–Kier alpha value is -0.180. The van der Waals surface area contributed by atoms with Crippen molar-refractivity contribution in [2.75, 3.05) is 0 Å². The summed E-state index contributed by atoms with van der Waals surface area (Å²) in [5.41, 5.74) is 0. The molecule has 0 rings (SSSR count). The molecule has 0 unspecified atom stereocenters. The van der Waals surface area contributed by atoms with Crippen molar-refractivity contribution in [1.29, 1.82) is 0 Å². The van der Waals surface area contributed by atoms with Gasteiger partial charge in [0.15, 0.2) is 0 Å². The van der Waals surface area contributed by atoms with Crippen molar-refractivity contribution in [3.8, 4) is 0 Å². The van der Waals surface area contributed by atoms with Crippen LogP contribution in [0.25, 0.3) is 0 Å². The van der Waals surface area contributed by atoms with Gasteiger partial charge in [0.2, 0.25) is 0 Å². The van der Waals surface area contributed by atoms with Gasteiger partial charge >= 0.3 is 0 Å². The minimum absolute atomic E-state index is 0.264. The van der Waals surface area contributed by atoms with Crippen LogP contribution in [-0.2, 0) is 0 Å². The van der Waals surface area contributed by atoms with Gasteiger partial charge in [-0.2, -0.15) is 0 Å².